The maximum Gasteiger partial charge on any atom is 0.240 e. The molecule has 2 aromatic rings. The standard InChI is InChI=1S/C17H19NO4S/c1-13(19)14-8-10-16(11-9-14)23(21,22)18-12-17(2,20)15-6-4-3-5-7-15/h3-11,18,20H,12H2,1-2H3. The number of rotatable bonds is 6. The van der Waals surface area contributed by atoms with Crippen LogP contribution in [0.5, 0.6) is 0 Å². The normalized spacial score (nSPS) is 14.2. The van der Waals surface area contributed by atoms with Gasteiger partial charge < -0.3 is 5.11 Å². The zero-order valence-corrected chi connectivity index (χ0v) is 13.8. The topological polar surface area (TPSA) is 83.5 Å². The number of carbonyl (C=O) groups excluding carboxylic acids is 1. The summed E-state index contributed by atoms with van der Waals surface area (Å²) in [7, 11) is -3.77. The number of carbonyl (C=O) groups is 1. The average molecular weight is 333 g/mol. The Morgan fingerprint density at radius 2 is 1.65 bits per heavy atom. The highest BCUT2D eigenvalue weighted by Gasteiger charge is 2.26. The van der Waals surface area contributed by atoms with Crippen LogP contribution in [-0.2, 0) is 15.6 Å². The van der Waals surface area contributed by atoms with Crippen molar-refractivity contribution >= 4 is 15.8 Å². The molecule has 2 rings (SSSR count). The summed E-state index contributed by atoms with van der Waals surface area (Å²) in [6.45, 7) is 2.80. The van der Waals surface area contributed by atoms with Gasteiger partial charge in [-0.1, -0.05) is 42.5 Å². The first-order valence-corrected chi connectivity index (χ1v) is 8.59. The zero-order valence-electron chi connectivity index (χ0n) is 13.0. The van der Waals surface area contributed by atoms with Gasteiger partial charge in [-0.15, -0.1) is 0 Å². The Hall–Kier alpha value is -2.02. The van der Waals surface area contributed by atoms with Crippen molar-refractivity contribution in [1.29, 1.82) is 0 Å². The minimum absolute atomic E-state index is 0.0476. The summed E-state index contributed by atoms with van der Waals surface area (Å²) in [5, 5.41) is 10.4. The van der Waals surface area contributed by atoms with Gasteiger partial charge in [0.15, 0.2) is 5.78 Å². The first-order valence-electron chi connectivity index (χ1n) is 7.11. The van der Waals surface area contributed by atoms with Crippen molar-refractivity contribution in [3.63, 3.8) is 0 Å². The number of sulfonamides is 1. The summed E-state index contributed by atoms with van der Waals surface area (Å²) in [6.07, 6.45) is 0. The number of ketones is 1. The van der Waals surface area contributed by atoms with Crippen LogP contribution in [-0.4, -0.2) is 25.9 Å². The van der Waals surface area contributed by atoms with Crippen LogP contribution in [0.25, 0.3) is 0 Å². The highest BCUT2D eigenvalue weighted by molar-refractivity contribution is 7.89. The Morgan fingerprint density at radius 3 is 2.17 bits per heavy atom. The first kappa shape index (κ1) is 17.3. The van der Waals surface area contributed by atoms with Crippen molar-refractivity contribution in [3.8, 4) is 0 Å². The van der Waals surface area contributed by atoms with Crippen molar-refractivity contribution in [1.82, 2.24) is 4.72 Å². The Balaban J connectivity index is 2.14. The first-order chi connectivity index (χ1) is 10.7. The predicted octanol–water partition coefficient (Wildman–Crippen LogP) is 2.08. The van der Waals surface area contributed by atoms with Gasteiger partial charge in [0.25, 0.3) is 0 Å². The zero-order chi connectivity index (χ0) is 17.1. The third-order valence-electron chi connectivity index (χ3n) is 3.57. The van der Waals surface area contributed by atoms with E-state index in [-0.39, 0.29) is 17.2 Å². The number of Topliss-reactive ketones (excluding diaryl/α,β-unsaturated/α-hetero) is 1. The van der Waals surface area contributed by atoms with E-state index >= 15 is 0 Å². The lowest BCUT2D eigenvalue weighted by molar-refractivity contribution is 0.0627. The lowest BCUT2D eigenvalue weighted by Gasteiger charge is -2.24. The minimum atomic E-state index is -3.77. The molecular formula is C17H19NO4S. The summed E-state index contributed by atoms with van der Waals surface area (Å²) in [5.41, 5.74) is -0.261. The van der Waals surface area contributed by atoms with E-state index in [1.165, 1.54) is 31.2 Å². The Labute approximate surface area is 136 Å². The van der Waals surface area contributed by atoms with E-state index in [0.29, 0.717) is 11.1 Å². The molecule has 0 saturated carbocycles. The second-order valence-electron chi connectivity index (χ2n) is 5.54. The molecule has 0 fully saturated rings. The Morgan fingerprint density at radius 1 is 1.09 bits per heavy atom. The highest BCUT2D eigenvalue weighted by Crippen LogP contribution is 2.20. The molecule has 1 atom stereocenters. The van der Waals surface area contributed by atoms with Crippen molar-refractivity contribution in [3.05, 3.63) is 65.7 Å². The van der Waals surface area contributed by atoms with Gasteiger partial charge in [0.1, 0.15) is 5.60 Å². The fraction of sp³-hybridized carbons (Fsp3) is 0.235. The molecule has 0 aliphatic heterocycles. The van der Waals surface area contributed by atoms with Gasteiger partial charge in [0.2, 0.25) is 10.0 Å². The van der Waals surface area contributed by atoms with Crippen LogP contribution in [0.15, 0.2) is 59.5 Å². The lowest BCUT2D eigenvalue weighted by Crippen LogP contribution is -2.38. The molecule has 1 unspecified atom stereocenters. The molecule has 0 heterocycles. The molecule has 2 aromatic carbocycles. The molecule has 6 heteroatoms. The van der Waals surface area contributed by atoms with E-state index in [1.54, 1.807) is 31.2 Å². The number of hydrogen-bond acceptors (Lipinski definition) is 4. The molecule has 0 spiro atoms. The molecule has 0 saturated heterocycles. The summed E-state index contributed by atoms with van der Waals surface area (Å²) in [4.78, 5) is 11.3. The second-order valence-corrected chi connectivity index (χ2v) is 7.31. The van der Waals surface area contributed by atoms with E-state index in [4.69, 9.17) is 0 Å². The molecule has 122 valence electrons. The molecule has 0 bridgehead atoms. The van der Waals surface area contributed by atoms with Crippen LogP contribution in [0.4, 0.5) is 0 Å². The van der Waals surface area contributed by atoms with Gasteiger partial charge in [-0.05, 0) is 31.5 Å². The van der Waals surface area contributed by atoms with Gasteiger partial charge in [-0.3, -0.25) is 4.79 Å². The van der Waals surface area contributed by atoms with Crippen molar-refractivity contribution in [2.75, 3.05) is 6.54 Å². The predicted molar refractivity (Wildman–Crippen MR) is 87.6 cm³/mol. The number of hydrogen-bond donors (Lipinski definition) is 2. The third-order valence-corrected chi connectivity index (χ3v) is 4.99. The quantitative estimate of drug-likeness (QED) is 0.793. The fourth-order valence-electron chi connectivity index (χ4n) is 2.09. The van der Waals surface area contributed by atoms with Crippen LogP contribution in [0.1, 0.15) is 29.8 Å². The van der Waals surface area contributed by atoms with Crippen LogP contribution in [0.2, 0.25) is 0 Å². The molecule has 5 nitrogen and oxygen atoms in total. The maximum atomic E-state index is 12.3. The summed E-state index contributed by atoms with van der Waals surface area (Å²) in [6, 6.07) is 14.5. The van der Waals surface area contributed by atoms with Crippen LogP contribution in [0.3, 0.4) is 0 Å². The van der Waals surface area contributed by atoms with Crippen LogP contribution in [0, 0.1) is 0 Å². The molecule has 0 aliphatic rings. The molecule has 0 aromatic heterocycles. The van der Waals surface area contributed by atoms with Gasteiger partial charge in [0, 0.05) is 12.1 Å². The van der Waals surface area contributed by atoms with Crippen molar-refractivity contribution < 1.29 is 18.3 Å². The van der Waals surface area contributed by atoms with E-state index in [9.17, 15) is 18.3 Å². The molecule has 0 amide bonds. The SMILES string of the molecule is CC(=O)c1ccc(S(=O)(=O)NCC(C)(O)c2ccccc2)cc1. The summed E-state index contributed by atoms with van der Waals surface area (Å²) >= 11 is 0. The fourth-order valence-corrected chi connectivity index (χ4v) is 3.22. The minimum Gasteiger partial charge on any atom is -0.384 e. The van der Waals surface area contributed by atoms with E-state index in [1.807, 2.05) is 6.07 Å². The molecule has 0 aliphatic carbocycles. The highest BCUT2D eigenvalue weighted by atomic mass is 32.2. The Bertz CT molecular complexity index is 781. The van der Waals surface area contributed by atoms with Gasteiger partial charge in [-0.25, -0.2) is 13.1 Å². The number of nitrogens with one attached hydrogen (secondary N) is 1. The Kier molecular flexibility index (Phi) is 4.99. The average Bonchev–Trinajstić information content (AvgIpc) is 2.54. The summed E-state index contributed by atoms with van der Waals surface area (Å²) in [5.74, 6) is -0.131. The van der Waals surface area contributed by atoms with Gasteiger partial charge in [-0.2, -0.15) is 0 Å². The molecule has 0 radical (unpaired) electrons. The number of aliphatic hydroxyl groups is 1. The number of benzene rings is 2. The van der Waals surface area contributed by atoms with Crippen molar-refractivity contribution in [2.45, 2.75) is 24.3 Å². The smallest absolute Gasteiger partial charge is 0.240 e. The van der Waals surface area contributed by atoms with Crippen LogP contribution < -0.4 is 4.72 Å². The monoisotopic (exact) mass is 333 g/mol. The van der Waals surface area contributed by atoms with Crippen LogP contribution >= 0.6 is 0 Å². The van der Waals surface area contributed by atoms with Crippen molar-refractivity contribution in [2.24, 2.45) is 0 Å². The largest absolute Gasteiger partial charge is 0.384 e. The molecule has 2 N–H and O–H groups in total. The second kappa shape index (κ2) is 6.62. The maximum absolute atomic E-state index is 12.3. The lowest BCUT2D eigenvalue weighted by atomic mass is 9.97. The van der Waals surface area contributed by atoms with E-state index in [0.717, 1.165) is 0 Å². The molecule has 23 heavy (non-hydrogen) atoms. The van der Waals surface area contributed by atoms with Gasteiger partial charge in [0.05, 0.1) is 4.90 Å². The summed E-state index contributed by atoms with van der Waals surface area (Å²) < 4.78 is 27.0. The van der Waals surface area contributed by atoms with E-state index < -0.39 is 15.6 Å². The van der Waals surface area contributed by atoms with Gasteiger partial charge >= 0.3 is 0 Å². The third kappa shape index (κ3) is 4.25. The van der Waals surface area contributed by atoms with E-state index in [2.05, 4.69) is 4.72 Å². The molecular weight excluding hydrogens is 314 g/mol.